The summed E-state index contributed by atoms with van der Waals surface area (Å²) in [5.74, 6) is 0.108. The van der Waals surface area contributed by atoms with E-state index in [9.17, 15) is 4.79 Å². The van der Waals surface area contributed by atoms with Crippen molar-refractivity contribution in [3.05, 3.63) is 18.0 Å². The second kappa shape index (κ2) is 7.64. The monoisotopic (exact) mass is 300 g/mol. The molecular formula is C14H25ClN4O. The van der Waals surface area contributed by atoms with Crippen LogP contribution >= 0.6 is 12.4 Å². The molecule has 0 bridgehead atoms. The number of rotatable bonds is 5. The second-order valence-corrected chi connectivity index (χ2v) is 5.74. The van der Waals surface area contributed by atoms with Gasteiger partial charge in [-0.3, -0.25) is 9.48 Å². The molecule has 114 valence electrons. The smallest absolute Gasteiger partial charge is 0.220 e. The van der Waals surface area contributed by atoms with Gasteiger partial charge in [0, 0.05) is 31.8 Å². The Morgan fingerprint density at radius 2 is 2.15 bits per heavy atom. The number of carbonyl (C=O) groups is 1. The van der Waals surface area contributed by atoms with Gasteiger partial charge in [0.1, 0.15) is 0 Å². The molecule has 0 aliphatic heterocycles. The Kier molecular flexibility index (Phi) is 6.49. The highest BCUT2D eigenvalue weighted by atomic mass is 35.5. The van der Waals surface area contributed by atoms with E-state index in [0.717, 1.165) is 18.4 Å². The molecule has 20 heavy (non-hydrogen) atoms. The van der Waals surface area contributed by atoms with Crippen LogP contribution in [0.1, 0.15) is 44.1 Å². The van der Waals surface area contributed by atoms with Crippen LogP contribution in [-0.4, -0.2) is 22.2 Å². The van der Waals surface area contributed by atoms with Crippen LogP contribution < -0.4 is 11.1 Å². The molecule has 5 nitrogen and oxygen atoms in total. The molecule has 0 aromatic carbocycles. The van der Waals surface area contributed by atoms with Gasteiger partial charge in [0.15, 0.2) is 0 Å². The zero-order valence-electron chi connectivity index (χ0n) is 12.1. The van der Waals surface area contributed by atoms with Gasteiger partial charge in [0.25, 0.3) is 0 Å². The zero-order valence-corrected chi connectivity index (χ0v) is 12.9. The van der Waals surface area contributed by atoms with Crippen LogP contribution in [0.5, 0.6) is 0 Å². The third kappa shape index (κ3) is 4.49. The minimum Gasteiger partial charge on any atom is -0.352 e. The van der Waals surface area contributed by atoms with Gasteiger partial charge in [-0.05, 0) is 24.8 Å². The Balaban J connectivity index is 0.00000200. The topological polar surface area (TPSA) is 72.9 Å². The number of nitrogens with two attached hydrogens (primary N) is 1. The van der Waals surface area contributed by atoms with Crippen LogP contribution in [-0.2, 0) is 18.4 Å². The van der Waals surface area contributed by atoms with Crippen LogP contribution in [0.3, 0.4) is 0 Å². The van der Waals surface area contributed by atoms with E-state index in [1.807, 2.05) is 13.2 Å². The van der Waals surface area contributed by atoms with Crippen molar-refractivity contribution in [2.24, 2.45) is 18.2 Å². The fraction of sp³-hybridized carbons (Fsp3) is 0.714. The molecule has 0 saturated heterocycles. The summed E-state index contributed by atoms with van der Waals surface area (Å²) in [5, 5.41) is 7.06. The van der Waals surface area contributed by atoms with Crippen LogP contribution in [0, 0.1) is 5.41 Å². The minimum absolute atomic E-state index is 0. The molecule has 1 heterocycles. The number of carbonyl (C=O) groups excluding carboxylic acids is 1. The van der Waals surface area contributed by atoms with E-state index < -0.39 is 0 Å². The number of aryl methyl sites for hydroxylation is 1. The summed E-state index contributed by atoms with van der Waals surface area (Å²) in [6.07, 6.45) is 10.1. The average molecular weight is 301 g/mol. The summed E-state index contributed by atoms with van der Waals surface area (Å²) in [6, 6.07) is 0. The first kappa shape index (κ1) is 17.0. The molecule has 1 aromatic rings. The van der Waals surface area contributed by atoms with Gasteiger partial charge in [-0.2, -0.15) is 5.10 Å². The predicted molar refractivity (Wildman–Crippen MR) is 81.5 cm³/mol. The molecule has 0 radical (unpaired) electrons. The number of hydrogen-bond donors (Lipinski definition) is 2. The zero-order chi connectivity index (χ0) is 13.7. The Hall–Kier alpha value is -1.07. The predicted octanol–water partition coefficient (Wildman–Crippen LogP) is 1.76. The van der Waals surface area contributed by atoms with Crippen molar-refractivity contribution in [1.29, 1.82) is 0 Å². The van der Waals surface area contributed by atoms with E-state index in [-0.39, 0.29) is 23.7 Å². The van der Waals surface area contributed by atoms with Crippen LogP contribution in [0.2, 0.25) is 0 Å². The van der Waals surface area contributed by atoms with E-state index >= 15 is 0 Å². The summed E-state index contributed by atoms with van der Waals surface area (Å²) in [7, 11) is 1.87. The van der Waals surface area contributed by atoms with Crippen LogP contribution in [0.25, 0.3) is 0 Å². The molecule has 0 atom stereocenters. The van der Waals surface area contributed by atoms with Gasteiger partial charge in [0.05, 0.1) is 6.20 Å². The number of aromatic nitrogens is 2. The number of amides is 1. The van der Waals surface area contributed by atoms with Crippen molar-refractivity contribution in [1.82, 2.24) is 15.1 Å². The van der Waals surface area contributed by atoms with Crippen molar-refractivity contribution in [2.75, 3.05) is 6.54 Å². The fourth-order valence-electron chi connectivity index (χ4n) is 2.92. The van der Waals surface area contributed by atoms with E-state index in [0.29, 0.717) is 19.5 Å². The van der Waals surface area contributed by atoms with E-state index in [2.05, 4.69) is 10.4 Å². The highest BCUT2D eigenvalue weighted by Crippen LogP contribution is 2.38. The maximum atomic E-state index is 12.1. The molecule has 1 fully saturated rings. The van der Waals surface area contributed by atoms with E-state index in [4.69, 9.17) is 5.73 Å². The molecule has 0 spiro atoms. The molecular weight excluding hydrogens is 276 g/mol. The molecule has 1 aliphatic rings. The second-order valence-electron chi connectivity index (χ2n) is 5.74. The van der Waals surface area contributed by atoms with Gasteiger partial charge >= 0.3 is 0 Å². The maximum absolute atomic E-state index is 12.1. The van der Waals surface area contributed by atoms with Crippen molar-refractivity contribution in [3.63, 3.8) is 0 Å². The summed E-state index contributed by atoms with van der Waals surface area (Å²) >= 11 is 0. The Morgan fingerprint density at radius 1 is 1.45 bits per heavy atom. The summed E-state index contributed by atoms with van der Waals surface area (Å²) in [6.45, 7) is 1.17. The Morgan fingerprint density at radius 3 is 2.70 bits per heavy atom. The summed E-state index contributed by atoms with van der Waals surface area (Å²) < 4.78 is 1.74. The fourth-order valence-corrected chi connectivity index (χ4v) is 2.92. The number of halogens is 1. The van der Waals surface area contributed by atoms with Gasteiger partial charge in [-0.1, -0.05) is 19.3 Å². The van der Waals surface area contributed by atoms with Crippen molar-refractivity contribution in [3.8, 4) is 0 Å². The first-order valence-corrected chi connectivity index (χ1v) is 7.08. The third-order valence-electron chi connectivity index (χ3n) is 4.13. The van der Waals surface area contributed by atoms with Gasteiger partial charge in [-0.25, -0.2) is 0 Å². The normalized spacial score (nSPS) is 17.3. The first-order valence-electron chi connectivity index (χ1n) is 7.08. The minimum atomic E-state index is 0. The SMILES string of the molecule is Cl.Cn1cc(CNC(=O)CC2(CN)CCCCC2)cn1. The molecule has 1 aromatic heterocycles. The number of hydrogen-bond acceptors (Lipinski definition) is 3. The standard InChI is InChI=1S/C14H24N4O.ClH/c1-18-10-12(9-17-18)8-16-13(19)7-14(11-15)5-3-2-4-6-14;/h9-10H,2-8,11,15H2,1H3,(H,16,19);1H. The van der Waals surface area contributed by atoms with Gasteiger partial charge in [0.2, 0.25) is 5.91 Å². The lowest BCUT2D eigenvalue weighted by atomic mass is 9.71. The molecule has 0 unspecified atom stereocenters. The van der Waals surface area contributed by atoms with Gasteiger partial charge in [-0.15, -0.1) is 12.4 Å². The third-order valence-corrected chi connectivity index (χ3v) is 4.13. The summed E-state index contributed by atoms with van der Waals surface area (Å²) in [5.41, 5.74) is 6.97. The molecule has 6 heteroatoms. The highest BCUT2D eigenvalue weighted by molar-refractivity contribution is 5.85. The van der Waals surface area contributed by atoms with Crippen molar-refractivity contribution >= 4 is 18.3 Å². The molecule has 1 saturated carbocycles. The highest BCUT2D eigenvalue weighted by Gasteiger charge is 2.32. The van der Waals surface area contributed by atoms with E-state index in [1.165, 1.54) is 19.3 Å². The first-order chi connectivity index (χ1) is 9.13. The van der Waals surface area contributed by atoms with Crippen molar-refractivity contribution < 1.29 is 4.79 Å². The Labute approximate surface area is 126 Å². The Bertz CT molecular complexity index is 427. The molecule has 1 amide bonds. The molecule has 1 aliphatic carbocycles. The average Bonchev–Trinajstić information content (AvgIpc) is 2.83. The van der Waals surface area contributed by atoms with Crippen LogP contribution in [0.4, 0.5) is 0 Å². The van der Waals surface area contributed by atoms with E-state index in [1.54, 1.807) is 10.9 Å². The number of nitrogens with one attached hydrogen (secondary N) is 1. The lowest BCUT2D eigenvalue weighted by Gasteiger charge is -2.35. The molecule has 3 N–H and O–H groups in total. The molecule has 2 rings (SSSR count). The largest absolute Gasteiger partial charge is 0.352 e. The van der Waals surface area contributed by atoms with Crippen molar-refractivity contribution in [2.45, 2.75) is 45.1 Å². The lowest BCUT2D eigenvalue weighted by molar-refractivity contribution is -0.124. The van der Waals surface area contributed by atoms with Crippen LogP contribution in [0.15, 0.2) is 12.4 Å². The summed E-state index contributed by atoms with van der Waals surface area (Å²) in [4.78, 5) is 12.1. The quantitative estimate of drug-likeness (QED) is 0.870. The number of nitrogens with zero attached hydrogens (tertiary/aromatic N) is 2. The van der Waals surface area contributed by atoms with Gasteiger partial charge < -0.3 is 11.1 Å². The maximum Gasteiger partial charge on any atom is 0.220 e. The lowest BCUT2D eigenvalue weighted by Crippen LogP contribution is -2.38.